The van der Waals surface area contributed by atoms with Crippen LogP contribution >= 0.6 is 0 Å². The maximum Gasteiger partial charge on any atom is 0.304 e. The van der Waals surface area contributed by atoms with Gasteiger partial charge in [-0.05, 0) is 12.8 Å². The van der Waals surface area contributed by atoms with Crippen LogP contribution in [-0.4, -0.2) is 17.4 Å². The Labute approximate surface area is 75.3 Å². The molecular weight excluding hydrogens is 176 g/mol. The molecule has 1 spiro atoms. The maximum atomic E-state index is 10.8. The molecule has 1 saturated heterocycles. The molecule has 0 radical (unpaired) electrons. The molecule has 70 valence electrons. The van der Waals surface area contributed by atoms with Gasteiger partial charge in [0.25, 0.3) is 0 Å². The fourth-order valence-corrected chi connectivity index (χ4v) is 2.77. The molecule has 4 heteroatoms. The van der Waals surface area contributed by atoms with Gasteiger partial charge in [0, 0.05) is 5.41 Å². The lowest BCUT2D eigenvalue weighted by Gasteiger charge is -2.38. The van der Waals surface area contributed by atoms with Gasteiger partial charge in [-0.15, -0.1) is 0 Å². The van der Waals surface area contributed by atoms with E-state index in [2.05, 4.69) is 0 Å². The summed E-state index contributed by atoms with van der Waals surface area (Å²) in [6, 6.07) is 0. The van der Waals surface area contributed by atoms with Crippen molar-refractivity contribution in [2.24, 2.45) is 5.41 Å². The Morgan fingerprint density at radius 1 is 1.00 bits per heavy atom. The standard InChI is InChI=1S/C8H14O3S/c9-12-10-6-8(7-11-12)4-2-1-3-5-8/h1-7H2. The van der Waals surface area contributed by atoms with E-state index < -0.39 is 11.4 Å². The minimum Gasteiger partial charge on any atom is -0.268 e. The van der Waals surface area contributed by atoms with Crippen LogP contribution in [0.4, 0.5) is 0 Å². The number of hydrogen-bond acceptors (Lipinski definition) is 3. The van der Waals surface area contributed by atoms with Crippen LogP contribution in [-0.2, 0) is 19.7 Å². The lowest BCUT2D eigenvalue weighted by Crippen LogP contribution is -2.39. The van der Waals surface area contributed by atoms with Gasteiger partial charge in [0.05, 0.1) is 13.2 Å². The summed E-state index contributed by atoms with van der Waals surface area (Å²) in [5.41, 5.74) is 0.201. The minimum atomic E-state index is -1.47. The quantitative estimate of drug-likeness (QED) is 0.581. The molecule has 0 amide bonds. The first-order chi connectivity index (χ1) is 5.81. The van der Waals surface area contributed by atoms with Gasteiger partial charge in [-0.1, -0.05) is 19.3 Å². The molecule has 12 heavy (non-hydrogen) atoms. The highest BCUT2D eigenvalue weighted by molar-refractivity contribution is 7.75. The summed E-state index contributed by atoms with van der Waals surface area (Å²) in [5, 5.41) is 0. The molecule has 0 N–H and O–H groups in total. The largest absolute Gasteiger partial charge is 0.304 e. The molecule has 1 saturated carbocycles. The van der Waals surface area contributed by atoms with Crippen molar-refractivity contribution in [1.82, 2.24) is 0 Å². The van der Waals surface area contributed by atoms with Crippen molar-refractivity contribution in [3.8, 4) is 0 Å². The predicted octanol–water partition coefficient (Wildman–Crippen LogP) is 1.56. The molecule has 1 aliphatic heterocycles. The van der Waals surface area contributed by atoms with Crippen LogP contribution < -0.4 is 0 Å². The van der Waals surface area contributed by atoms with E-state index >= 15 is 0 Å². The van der Waals surface area contributed by atoms with Crippen molar-refractivity contribution >= 4 is 11.4 Å². The van der Waals surface area contributed by atoms with Gasteiger partial charge in [0.2, 0.25) is 0 Å². The Hall–Kier alpha value is 0.0700. The summed E-state index contributed by atoms with van der Waals surface area (Å²) >= 11 is -1.47. The molecule has 0 atom stereocenters. The van der Waals surface area contributed by atoms with Crippen LogP contribution in [0.25, 0.3) is 0 Å². The molecule has 1 aliphatic carbocycles. The third kappa shape index (κ3) is 1.70. The number of hydrogen-bond donors (Lipinski definition) is 0. The molecule has 1 heterocycles. The summed E-state index contributed by atoms with van der Waals surface area (Å²) in [5.74, 6) is 0. The topological polar surface area (TPSA) is 35.5 Å². The molecule has 0 unspecified atom stereocenters. The SMILES string of the molecule is O=S1OCC2(CCCCC2)CO1. The highest BCUT2D eigenvalue weighted by Crippen LogP contribution is 2.39. The smallest absolute Gasteiger partial charge is 0.268 e. The van der Waals surface area contributed by atoms with Crippen LogP contribution in [0.1, 0.15) is 32.1 Å². The van der Waals surface area contributed by atoms with Crippen LogP contribution in [0.2, 0.25) is 0 Å². The molecule has 0 aromatic carbocycles. The van der Waals surface area contributed by atoms with Gasteiger partial charge >= 0.3 is 11.4 Å². The van der Waals surface area contributed by atoms with Crippen molar-refractivity contribution in [3.63, 3.8) is 0 Å². The van der Waals surface area contributed by atoms with Gasteiger partial charge in [0.1, 0.15) is 0 Å². The molecule has 3 nitrogen and oxygen atoms in total. The van der Waals surface area contributed by atoms with Gasteiger partial charge < -0.3 is 0 Å². The van der Waals surface area contributed by atoms with Gasteiger partial charge in [-0.25, -0.2) is 0 Å². The lowest BCUT2D eigenvalue weighted by molar-refractivity contribution is 0.0105. The molecule has 0 aromatic rings. The van der Waals surface area contributed by atoms with Gasteiger partial charge in [0.15, 0.2) is 0 Å². The monoisotopic (exact) mass is 190 g/mol. The van der Waals surface area contributed by atoms with Crippen molar-refractivity contribution in [1.29, 1.82) is 0 Å². The zero-order valence-corrected chi connectivity index (χ0v) is 7.90. The highest BCUT2D eigenvalue weighted by Gasteiger charge is 2.37. The maximum absolute atomic E-state index is 10.8. The van der Waals surface area contributed by atoms with E-state index in [1.54, 1.807) is 0 Å². The summed E-state index contributed by atoms with van der Waals surface area (Å²) in [6.45, 7) is 1.25. The molecule has 2 fully saturated rings. The summed E-state index contributed by atoms with van der Waals surface area (Å²) < 4.78 is 20.8. The Morgan fingerprint density at radius 2 is 1.58 bits per heavy atom. The third-order valence-corrected chi connectivity index (χ3v) is 3.46. The average Bonchev–Trinajstić information content (AvgIpc) is 2.13. The minimum absolute atomic E-state index is 0.201. The zero-order chi connectivity index (χ0) is 8.44. The zero-order valence-electron chi connectivity index (χ0n) is 7.08. The van der Waals surface area contributed by atoms with Gasteiger partial charge in [-0.3, -0.25) is 8.37 Å². The van der Waals surface area contributed by atoms with E-state index in [4.69, 9.17) is 8.37 Å². The molecule has 2 rings (SSSR count). The summed E-state index contributed by atoms with van der Waals surface area (Å²) in [4.78, 5) is 0. The van der Waals surface area contributed by atoms with E-state index in [0.717, 1.165) is 0 Å². The fourth-order valence-electron chi connectivity index (χ4n) is 2.01. The Bertz CT molecular complexity index is 175. The Morgan fingerprint density at radius 3 is 2.17 bits per heavy atom. The normalized spacial score (nSPS) is 30.7. The number of rotatable bonds is 0. The first-order valence-corrected chi connectivity index (χ1v) is 5.49. The van der Waals surface area contributed by atoms with Crippen LogP contribution in [0.3, 0.4) is 0 Å². The first-order valence-electron chi connectivity index (χ1n) is 4.49. The third-order valence-electron chi connectivity index (χ3n) is 2.84. The molecular formula is C8H14O3S. The second-order valence-corrected chi connectivity index (χ2v) is 4.67. The van der Waals surface area contributed by atoms with Crippen molar-refractivity contribution < 1.29 is 12.6 Å². The van der Waals surface area contributed by atoms with Crippen molar-refractivity contribution in [2.45, 2.75) is 32.1 Å². The van der Waals surface area contributed by atoms with E-state index in [0.29, 0.717) is 13.2 Å². The Balaban J connectivity index is 1.96. The Kier molecular flexibility index (Phi) is 2.48. The molecule has 0 bridgehead atoms. The summed E-state index contributed by atoms with van der Waals surface area (Å²) in [6.07, 6.45) is 6.19. The van der Waals surface area contributed by atoms with E-state index in [1.807, 2.05) is 0 Å². The molecule has 0 aromatic heterocycles. The van der Waals surface area contributed by atoms with Crippen LogP contribution in [0.5, 0.6) is 0 Å². The van der Waals surface area contributed by atoms with Crippen LogP contribution in [0.15, 0.2) is 0 Å². The van der Waals surface area contributed by atoms with E-state index in [9.17, 15) is 4.21 Å². The van der Waals surface area contributed by atoms with Crippen molar-refractivity contribution in [2.75, 3.05) is 13.2 Å². The highest BCUT2D eigenvalue weighted by atomic mass is 32.2. The van der Waals surface area contributed by atoms with Crippen molar-refractivity contribution in [3.05, 3.63) is 0 Å². The summed E-state index contributed by atoms with van der Waals surface area (Å²) in [7, 11) is 0. The molecule has 2 aliphatic rings. The van der Waals surface area contributed by atoms with Crippen LogP contribution in [0, 0.1) is 5.41 Å². The lowest BCUT2D eigenvalue weighted by atomic mass is 9.75. The second kappa shape index (κ2) is 3.44. The van der Waals surface area contributed by atoms with Gasteiger partial charge in [-0.2, -0.15) is 4.21 Å². The first kappa shape index (κ1) is 8.66. The average molecular weight is 190 g/mol. The fraction of sp³-hybridized carbons (Fsp3) is 1.00. The predicted molar refractivity (Wildman–Crippen MR) is 45.6 cm³/mol. The second-order valence-electron chi connectivity index (χ2n) is 3.79. The van der Waals surface area contributed by atoms with E-state index in [-0.39, 0.29) is 5.41 Å². The van der Waals surface area contributed by atoms with E-state index in [1.165, 1.54) is 32.1 Å².